The number of esters is 1. The SMILES string of the molecule is CCOC(=O)CCS(=O)(=O)NCC(=O)NCC(=O)O. The van der Waals surface area contributed by atoms with E-state index in [2.05, 4.69) is 4.74 Å². The van der Waals surface area contributed by atoms with Crippen LogP contribution in [0.2, 0.25) is 0 Å². The fourth-order valence-electron chi connectivity index (χ4n) is 0.935. The molecule has 0 heterocycles. The second kappa shape index (κ2) is 8.43. The topological polar surface area (TPSA) is 139 Å². The molecule has 0 bridgehead atoms. The van der Waals surface area contributed by atoms with Crippen molar-refractivity contribution in [2.75, 3.05) is 25.4 Å². The fourth-order valence-corrected chi connectivity index (χ4v) is 1.87. The summed E-state index contributed by atoms with van der Waals surface area (Å²) >= 11 is 0. The van der Waals surface area contributed by atoms with E-state index in [1.54, 1.807) is 6.92 Å². The molecule has 3 N–H and O–H groups in total. The molecule has 0 fully saturated rings. The Morgan fingerprint density at radius 1 is 1.21 bits per heavy atom. The van der Waals surface area contributed by atoms with Gasteiger partial charge in [0.05, 0.1) is 25.3 Å². The zero-order valence-corrected chi connectivity index (χ0v) is 11.2. The Bertz CT molecular complexity index is 432. The van der Waals surface area contributed by atoms with E-state index in [0.29, 0.717) is 0 Å². The summed E-state index contributed by atoms with van der Waals surface area (Å²) < 4.78 is 29.2. The third-order valence-corrected chi connectivity index (χ3v) is 3.10. The molecule has 19 heavy (non-hydrogen) atoms. The van der Waals surface area contributed by atoms with E-state index in [1.165, 1.54) is 0 Å². The largest absolute Gasteiger partial charge is 0.480 e. The molecule has 0 rings (SSSR count). The van der Waals surface area contributed by atoms with Crippen LogP contribution in [-0.4, -0.2) is 56.8 Å². The molecule has 0 saturated heterocycles. The van der Waals surface area contributed by atoms with Crippen molar-refractivity contribution in [3.05, 3.63) is 0 Å². The molecule has 1 amide bonds. The molecule has 0 aromatic heterocycles. The molecule has 0 aliphatic carbocycles. The number of carboxylic acids is 1. The average molecular weight is 296 g/mol. The molecule has 0 radical (unpaired) electrons. The Morgan fingerprint density at radius 2 is 1.84 bits per heavy atom. The van der Waals surface area contributed by atoms with Crippen molar-refractivity contribution in [2.24, 2.45) is 0 Å². The van der Waals surface area contributed by atoms with Crippen molar-refractivity contribution >= 4 is 27.9 Å². The van der Waals surface area contributed by atoms with E-state index >= 15 is 0 Å². The summed E-state index contributed by atoms with van der Waals surface area (Å²) in [5, 5.41) is 10.3. The second-order valence-electron chi connectivity index (χ2n) is 3.37. The van der Waals surface area contributed by atoms with Crippen molar-refractivity contribution in [2.45, 2.75) is 13.3 Å². The van der Waals surface area contributed by atoms with Crippen molar-refractivity contribution in [3.63, 3.8) is 0 Å². The minimum Gasteiger partial charge on any atom is -0.480 e. The molecular formula is C9H16N2O7S. The van der Waals surface area contributed by atoms with Gasteiger partial charge in [-0.25, -0.2) is 13.1 Å². The van der Waals surface area contributed by atoms with Gasteiger partial charge in [-0.2, -0.15) is 0 Å². The maximum absolute atomic E-state index is 11.4. The van der Waals surface area contributed by atoms with Gasteiger partial charge in [-0.1, -0.05) is 0 Å². The van der Waals surface area contributed by atoms with Crippen LogP contribution in [-0.2, 0) is 29.1 Å². The lowest BCUT2D eigenvalue weighted by molar-refractivity contribution is -0.142. The van der Waals surface area contributed by atoms with Gasteiger partial charge in [0, 0.05) is 0 Å². The number of nitrogens with one attached hydrogen (secondary N) is 2. The van der Waals surface area contributed by atoms with Gasteiger partial charge < -0.3 is 15.2 Å². The Kier molecular flexibility index (Phi) is 7.68. The van der Waals surface area contributed by atoms with Crippen molar-refractivity contribution in [3.8, 4) is 0 Å². The van der Waals surface area contributed by atoms with Crippen molar-refractivity contribution in [1.29, 1.82) is 0 Å². The van der Waals surface area contributed by atoms with E-state index < -0.39 is 46.7 Å². The van der Waals surface area contributed by atoms with Crippen LogP contribution in [0.5, 0.6) is 0 Å². The molecule has 0 aliphatic rings. The normalized spacial score (nSPS) is 10.8. The van der Waals surface area contributed by atoms with E-state index in [0.717, 1.165) is 0 Å². The lowest BCUT2D eigenvalue weighted by Gasteiger charge is -2.06. The lowest BCUT2D eigenvalue weighted by atomic mass is 10.5. The standard InChI is InChI=1S/C9H16N2O7S/c1-2-18-9(15)3-4-19(16,17)11-5-7(12)10-6-8(13)14/h11H,2-6H2,1H3,(H,10,12)(H,13,14). The molecule has 0 aliphatic heterocycles. The maximum Gasteiger partial charge on any atom is 0.322 e. The Hall–Kier alpha value is -1.68. The van der Waals surface area contributed by atoms with Crippen molar-refractivity contribution in [1.82, 2.24) is 10.0 Å². The van der Waals surface area contributed by atoms with Crippen LogP contribution in [0.1, 0.15) is 13.3 Å². The monoisotopic (exact) mass is 296 g/mol. The van der Waals surface area contributed by atoms with Crippen LogP contribution in [0.25, 0.3) is 0 Å². The van der Waals surface area contributed by atoms with Gasteiger partial charge in [0.2, 0.25) is 15.9 Å². The van der Waals surface area contributed by atoms with E-state index in [4.69, 9.17) is 5.11 Å². The zero-order valence-electron chi connectivity index (χ0n) is 10.3. The number of sulfonamides is 1. The van der Waals surface area contributed by atoms with Gasteiger partial charge in [-0.05, 0) is 6.92 Å². The molecule has 9 nitrogen and oxygen atoms in total. The molecule has 0 atom stereocenters. The summed E-state index contributed by atoms with van der Waals surface area (Å²) in [6.07, 6.45) is -0.320. The molecule has 10 heteroatoms. The van der Waals surface area contributed by atoms with Crippen LogP contribution in [0.4, 0.5) is 0 Å². The van der Waals surface area contributed by atoms with Crippen LogP contribution >= 0.6 is 0 Å². The predicted octanol–water partition coefficient (Wildman–Crippen LogP) is -1.94. The first kappa shape index (κ1) is 17.3. The molecule has 0 unspecified atom stereocenters. The molecule has 0 aromatic rings. The summed E-state index contributed by atoms with van der Waals surface area (Å²) in [4.78, 5) is 32.1. The second-order valence-corrected chi connectivity index (χ2v) is 5.29. The number of carboxylic acid groups (broad SMARTS) is 1. The van der Waals surface area contributed by atoms with E-state index in [1.807, 2.05) is 10.0 Å². The van der Waals surface area contributed by atoms with Gasteiger partial charge >= 0.3 is 11.9 Å². The van der Waals surface area contributed by atoms with Crippen LogP contribution in [0.15, 0.2) is 0 Å². The summed E-state index contributed by atoms with van der Waals surface area (Å²) in [7, 11) is -3.79. The van der Waals surface area contributed by atoms with E-state index in [-0.39, 0.29) is 13.0 Å². The third-order valence-electron chi connectivity index (χ3n) is 1.77. The summed E-state index contributed by atoms with van der Waals surface area (Å²) in [6, 6.07) is 0. The van der Waals surface area contributed by atoms with Gasteiger partial charge in [0.25, 0.3) is 0 Å². The first-order valence-electron chi connectivity index (χ1n) is 5.38. The number of carbonyl (C=O) groups excluding carboxylic acids is 2. The molecule has 0 aromatic carbocycles. The van der Waals surface area contributed by atoms with Gasteiger partial charge in [0.15, 0.2) is 0 Å². The highest BCUT2D eigenvalue weighted by Crippen LogP contribution is 1.92. The number of carbonyl (C=O) groups is 3. The molecular weight excluding hydrogens is 280 g/mol. The number of amides is 1. The van der Waals surface area contributed by atoms with Crippen molar-refractivity contribution < 1.29 is 32.6 Å². The maximum atomic E-state index is 11.4. The number of hydrogen-bond donors (Lipinski definition) is 3. The van der Waals surface area contributed by atoms with Gasteiger partial charge in [-0.3, -0.25) is 14.4 Å². The molecule has 0 saturated carbocycles. The van der Waals surface area contributed by atoms with Crippen LogP contribution in [0, 0.1) is 0 Å². The smallest absolute Gasteiger partial charge is 0.322 e. The first-order chi connectivity index (χ1) is 8.76. The molecule has 110 valence electrons. The predicted molar refractivity (Wildman–Crippen MR) is 63.7 cm³/mol. The summed E-state index contributed by atoms with van der Waals surface area (Å²) in [5.41, 5.74) is 0. The Labute approximate surface area is 110 Å². The minimum absolute atomic E-state index is 0.157. The Morgan fingerprint density at radius 3 is 2.37 bits per heavy atom. The van der Waals surface area contributed by atoms with Gasteiger partial charge in [0.1, 0.15) is 6.54 Å². The fraction of sp³-hybridized carbons (Fsp3) is 0.667. The number of aliphatic carboxylic acids is 1. The highest BCUT2D eigenvalue weighted by Gasteiger charge is 2.15. The van der Waals surface area contributed by atoms with Crippen LogP contribution < -0.4 is 10.0 Å². The third kappa shape index (κ3) is 9.97. The highest BCUT2D eigenvalue weighted by atomic mass is 32.2. The van der Waals surface area contributed by atoms with Gasteiger partial charge in [-0.15, -0.1) is 0 Å². The highest BCUT2D eigenvalue weighted by molar-refractivity contribution is 7.89. The summed E-state index contributed by atoms with van der Waals surface area (Å²) in [5.74, 6) is -3.17. The average Bonchev–Trinajstić information content (AvgIpc) is 2.32. The Balaban J connectivity index is 4.00. The lowest BCUT2D eigenvalue weighted by Crippen LogP contribution is -2.39. The minimum atomic E-state index is -3.79. The quantitative estimate of drug-likeness (QED) is 0.421. The van der Waals surface area contributed by atoms with Crippen LogP contribution in [0.3, 0.4) is 0 Å². The zero-order chi connectivity index (χ0) is 14.9. The number of hydrogen-bond acceptors (Lipinski definition) is 6. The number of ether oxygens (including phenoxy) is 1. The molecule has 0 spiro atoms. The first-order valence-corrected chi connectivity index (χ1v) is 7.03. The number of rotatable bonds is 9. The summed E-state index contributed by atoms with van der Waals surface area (Å²) in [6.45, 7) is 0.573. The van der Waals surface area contributed by atoms with E-state index in [9.17, 15) is 22.8 Å².